The quantitative estimate of drug-likeness (QED) is 0.281. The highest BCUT2D eigenvalue weighted by molar-refractivity contribution is 5.94. The summed E-state index contributed by atoms with van der Waals surface area (Å²) in [5.41, 5.74) is 2.53. The minimum absolute atomic E-state index is 0.0727. The van der Waals surface area contributed by atoms with Gasteiger partial charge in [-0.05, 0) is 66.6 Å². The molecule has 2 aliphatic heterocycles. The normalized spacial score (nSPS) is 21.6. The molecule has 2 aliphatic rings. The molecular weight excluding hydrogens is 600 g/mol. The molecule has 4 amide bonds. The van der Waals surface area contributed by atoms with Gasteiger partial charge in [-0.3, -0.25) is 19.2 Å². The topological polar surface area (TPSA) is 144 Å². The van der Waals surface area contributed by atoms with Gasteiger partial charge in [0.2, 0.25) is 23.6 Å². The van der Waals surface area contributed by atoms with E-state index in [0.717, 1.165) is 29.5 Å². The Balaban J connectivity index is 1.47. The molecule has 1 fully saturated rings. The van der Waals surface area contributed by atoms with Crippen LogP contribution in [0.15, 0.2) is 78.9 Å². The molecule has 2 heterocycles. The summed E-state index contributed by atoms with van der Waals surface area (Å²) in [5, 5.41) is 11.5. The van der Waals surface area contributed by atoms with Crippen molar-refractivity contribution in [1.82, 2.24) is 21.3 Å². The molecule has 47 heavy (non-hydrogen) atoms. The van der Waals surface area contributed by atoms with Gasteiger partial charge >= 0.3 is 0 Å². The lowest BCUT2D eigenvalue weighted by molar-refractivity contribution is -0.134. The van der Waals surface area contributed by atoms with E-state index in [1.54, 1.807) is 6.07 Å². The fourth-order valence-corrected chi connectivity index (χ4v) is 5.78. The van der Waals surface area contributed by atoms with Crippen molar-refractivity contribution in [2.45, 2.75) is 62.8 Å². The van der Waals surface area contributed by atoms with Gasteiger partial charge in [0.15, 0.2) is 0 Å². The Kier molecular flexibility index (Phi) is 12.0. The van der Waals surface area contributed by atoms with Gasteiger partial charge in [-0.25, -0.2) is 0 Å². The Morgan fingerprint density at radius 1 is 0.894 bits per heavy atom. The third-order valence-electron chi connectivity index (χ3n) is 8.20. The van der Waals surface area contributed by atoms with Crippen molar-refractivity contribution >= 4 is 23.6 Å². The number of hydrogen-bond donors (Lipinski definition) is 4. The molecule has 3 aromatic rings. The molecular formula is C36H42N4O7. The summed E-state index contributed by atoms with van der Waals surface area (Å²) >= 11 is 0. The lowest BCUT2D eigenvalue weighted by Crippen LogP contribution is -2.58. The standard InChI is InChI=1S/C36H42N4O7/c1-45-23-33(41)38-32-21-26-11-6-13-28(19-26)47-27-12-5-10-25(18-27)20-31(34(42)37-22-29-14-7-17-46-29)40-35(43)30(39-36(32)44)16-15-24-8-3-2-4-9-24/h2-6,8-13,18-19,29-32H,7,14-17,20-23H2,1H3,(H,37,42)(H,38,41)(H,39,44)(H,40,43)/t29?,30-,31-,32-/m0/s1. The Hall–Kier alpha value is -4.74. The minimum atomic E-state index is -1.01. The zero-order chi connectivity index (χ0) is 33.0. The van der Waals surface area contributed by atoms with Gasteiger partial charge in [0.25, 0.3) is 0 Å². The largest absolute Gasteiger partial charge is 0.457 e. The zero-order valence-electron chi connectivity index (χ0n) is 26.5. The second-order valence-electron chi connectivity index (χ2n) is 11.9. The van der Waals surface area contributed by atoms with Crippen LogP contribution in [0.3, 0.4) is 0 Å². The molecule has 0 saturated carbocycles. The van der Waals surface area contributed by atoms with Crippen molar-refractivity contribution in [3.63, 3.8) is 0 Å². The van der Waals surface area contributed by atoms with Crippen LogP contribution in [-0.4, -0.2) is 74.7 Å². The van der Waals surface area contributed by atoms with Crippen molar-refractivity contribution in [3.05, 3.63) is 95.6 Å². The van der Waals surface area contributed by atoms with Crippen molar-refractivity contribution in [2.75, 3.05) is 26.9 Å². The van der Waals surface area contributed by atoms with Crippen molar-refractivity contribution in [1.29, 1.82) is 0 Å². The van der Waals surface area contributed by atoms with Crippen LogP contribution < -0.4 is 26.0 Å². The first kappa shape index (κ1) is 33.6. The second-order valence-corrected chi connectivity index (χ2v) is 11.9. The van der Waals surface area contributed by atoms with Crippen LogP contribution in [0.2, 0.25) is 0 Å². The predicted octanol–water partition coefficient (Wildman–Crippen LogP) is 2.61. The predicted molar refractivity (Wildman–Crippen MR) is 175 cm³/mol. The van der Waals surface area contributed by atoms with Crippen LogP contribution in [0.25, 0.3) is 0 Å². The number of fused-ring (bicyclic) bond motifs is 4. The highest BCUT2D eigenvalue weighted by Crippen LogP contribution is 2.25. The first-order chi connectivity index (χ1) is 22.9. The summed E-state index contributed by atoms with van der Waals surface area (Å²) in [7, 11) is 1.39. The number of carbonyl (C=O) groups is 4. The van der Waals surface area contributed by atoms with Gasteiger partial charge in [-0.1, -0.05) is 54.6 Å². The van der Waals surface area contributed by atoms with Gasteiger partial charge < -0.3 is 35.5 Å². The Morgan fingerprint density at radius 3 is 2.30 bits per heavy atom. The number of amides is 4. The smallest absolute Gasteiger partial charge is 0.246 e. The first-order valence-corrected chi connectivity index (χ1v) is 16.0. The SMILES string of the molecule is COCC(=O)N[C@H]1Cc2cccc(c2)Oc2cccc(c2)C[C@@H](C(=O)NCC2CCCO2)NC(=O)[C@H](CCc2ccccc2)NC1=O. The second kappa shape index (κ2) is 16.7. The lowest BCUT2D eigenvalue weighted by atomic mass is 10.0. The zero-order valence-corrected chi connectivity index (χ0v) is 26.5. The molecule has 0 spiro atoms. The highest BCUT2D eigenvalue weighted by Gasteiger charge is 2.31. The number of aryl methyl sites for hydroxylation is 1. The molecule has 0 aliphatic carbocycles. The number of methoxy groups -OCH3 is 1. The van der Waals surface area contributed by atoms with E-state index >= 15 is 0 Å². The van der Waals surface area contributed by atoms with Gasteiger partial charge in [-0.15, -0.1) is 0 Å². The third-order valence-corrected chi connectivity index (χ3v) is 8.20. The number of hydrogen-bond acceptors (Lipinski definition) is 7. The first-order valence-electron chi connectivity index (χ1n) is 16.0. The maximum absolute atomic E-state index is 14.0. The molecule has 4 N–H and O–H groups in total. The van der Waals surface area contributed by atoms with Crippen LogP contribution in [0, 0.1) is 0 Å². The van der Waals surface area contributed by atoms with Crippen molar-refractivity contribution in [2.24, 2.45) is 0 Å². The molecule has 248 valence electrons. The van der Waals surface area contributed by atoms with E-state index in [4.69, 9.17) is 14.2 Å². The van der Waals surface area contributed by atoms with E-state index < -0.39 is 35.8 Å². The number of nitrogens with one attached hydrogen (secondary N) is 4. The molecule has 4 bridgehead atoms. The van der Waals surface area contributed by atoms with E-state index in [1.165, 1.54) is 7.11 Å². The number of ether oxygens (including phenoxy) is 3. The van der Waals surface area contributed by atoms with Crippen LogP contribution in [0.1, 0.15) is 36.0 Å². The average Bonchev–Trinajstić information content (AvgIpc) is 3.59. The molecule has 5 rings (SSSR count). The maximum atomic E-state index is 14.0. The molecule has 1 saturated heterocycles. The molecule has 0 aromatic heterocycles. The summed E-state index contributed by atoms with van der Waals surface area (Å²) in [5.74, 6) is -0.763. The van der Waals surface area contributed by atoms with Crippen LogP contribution >= 0.6 is 0 Å². The molecule has 11 heteroatoms. The lowest BCUT2D eigenvalue weighted by Gasteiger charge is -2.26. The molecule has 11 nitrogen and oxygen atoms in total. The Morgan fingerprint density at radius 2 is 1.62 bits per heavy atom. The minimum Gasteiger partial charge on any atom is -0.457 e. The van der Waals surface area contributed by atoms with E-state index in [9.17, 15) is 19.2 Å². The van der Waals surface area contributed by atoms with Gasteiger partial charge in [0, 0.05) is 33.1 Å². The number of carbonyl (C=O) groups excluding carboxylic acids is 4. The summed E-state index contributed by atoms with van der Waals surface area (Å²) in [6.07, 6.45) is 2.81. The Labute approximate surface area is 274 Å². The number of rotatable bonds is 9. The van der Waals surface area contributed by atoms with Crippen LogP contribution in [0.5, 0.6) is 11.5 Å². The van der Waals surface area contributed by atoms with Gasteiger partial charge in [0.05, 0.1) is 6.10 Å². The monoisotopic (exact) mass is 642 g/mol. The summed E-state index contributed by atoms with van der Waals surface area (Å²) in [6, 6.07) is 21.3. The molecule has 3 aromatic carbocycles. The van der Waals surface area contributed by atoms with Gasteiger partial charge in [-0.2, -0.15) is 0 Å². The van der Waals surface area contributed by atoms with Crippen molar-refractivity contribution in [3.8, 4) is 11.5 Å². The highest BCUT2D eigenvalue weighted by atomic mass is 16.5. The summed E-state index contributed by atoms with van der Waals surface area (Å²) in [6.45, 7) is 0.762. The summed E-state index contributed by atoms with van der Waals surface area (Å²) < 4.78 is 16.8. The molecule has 4 atom stereocenters. The van der Waals surface area contributed by atoms with Crippen LogP contribution in [-0.2, 0) is 47.9 Å². The Bertz CT molecular complexity index is 1530. The summed E-state index contributed by atoms with van der Waals surface area (Å²) in [4.78, 5) is 54.0. The fourth-order valence-electron chi connectivity index (χ4n) is 5.78. The fraction of sp³-hybridized carbons (Fsp3) is 0.389. The van der Waals surface area contributed by atoms with E-state index in [2.05, 4.69) is 21.3 Å². The van der Waals surface area contributed by atoms with E-state index in [0.29, 0.717) is 31.1 Å². The number of benzene rings is 3. The van der Waals surface area contributed by atoms with Crippen LogP contribution in [0.4, 0.5) is 0 Å². The maximum Gasteiger partial charge on any atom is 0.246 e. The van der Waals surface area contributed by atoms with E-state index in [-0.39, 0.29) is 37.9 Å². The van der Waals surface area contributed by atoms with Gasteiger partial charge in [0.1, 0.15) is 36.2 Å². The average molecular weight is 643 g/mol. The molecule has 1 unspecified atom stereocenters. The van der Waals surface area contributed by atoms with E-state index in [1.807, 2.05) is 72.8 Å². The van der Waals surface area contributed by atoms with Crippen molar-refractivity contribution < 1.29 is 33.4 Å². The molecule has 0 radical (unpaired) electrons. The third kappa shape index (κ3) is 10.1.